The molecule has 2 N–H and O–H groups in total. The Morgan fingerprint density at radius 3 is 2.35 bits per heavy atom. The third kappa shape index (κ3) is 3.93. The van der Waals surface area contributed by atoms with Crippen LogP contribution in [0.5, 0.6) is 0 Å². The predicted molar refractivity (Wildman–Crippen MR) is 71.2 cm³/mol. The molecule has 0 aliphatic carbocycles. The molecule has 0 spiro atoms. The first kappa shape index (κ1) is 14.4. The van der Waals surface area contributed by atoms with Gasteiger partial charge in [0.05, 0.1) is 4.90 Å². The average molecular weight is 369 g/mol. The van der Waals surface area contributed by atoms with Crippen LogP contribution in [0.2, 0.25) is 0 Å². The van der Waals surface area contributed by atoms with Crippen LogP contribution >= 0.6 is 22.6 Å². The molecular weight excluding hydrogens is 357 g/mol. The third-order valence-electron chi connectivity index (χ3n) is 2.13. The summed E-state index contributed by atoms with van der Waals surface area (Å²) < 4.78 is 26.7. The second-order valence-electron chi connectivity index (χ2n) is 3.37. The van der Waals surface area contributed by atoms with E-state index in [9.17, 15) is 13.2 Å². The molecule has 5 nitrogen and oxygen atoms in total. The van der Waals surface area contributed by atoms with Crippen LogP contribution in [0.25, 0.3) is 0 Å². The molecule has 1 unspecified atom stereocenters. The van der Waals surface area contributed by atoms with Crippen molar-refractivity contribution in [3.05, 3.63) is 27.8 Å². The maximum atomic E-state index is 11.8. The molecule has 0 aliphatic rings. The summed E-state index contributed by atoms with van der Waals surface area (Å²) in [5.41, 5.74) is 0. The van der Waals surface area contributed by atoms with Crippen LogP contribution in [0.3, 0.4) is 0 Å². The van der Waals surface area contributed by atoms with E-state index >= 15 is 0 Å². The second-order valence-corrected chi connectivity index (χ2v) is 6.33. The standard InChI is InChI=1S/C10H12INO4S/c1-2-9(10(13)14)12-17(15,16)8-5-3-7(11)4-6-8/h3-6,9,12H,2H2,1H3,(H,13,14). The van der Waals surface area contributed by atoms with Crippen molar-refractivity contribution < 1.29 is 18.3 Å². The van der Waals surface area contributed by atoms with Gasteiger partial charge in [0.2, 0.25) is 10.0 Å². The minimum absolute atomic E-state index is 0.0672. The third-order valence-corrected chi connectivity index (χ3v) is 4.33. The van der Waals surface area contributed by atoms with E-state index in [1.54, 1.807) is 19.1 Å². The van der Waals surface area contributed by atoms with Gasteiger partial charge in [-0.15, -0.1) is 0 Å². The van der Waals surface area contributed by atoms with E-state index < -0.39 is 22.0 Å². The van der Waals surface area contributed by atoms with Crippen molar-refractivity contribution in [2.75, 3.05) is 0 Å². The van der Waals surface area contributed by atoms with Crippen molar-refractivity contribution in [3.8, 4) is 0 Å². The molecule has 0 radical (unpaired) electrons. The summed E-state index contributed by atoms with van der Waals surface area (Å²) in [5.74, 6) is -1.18. The van der Waals surface area contributed by atoms with Gasteiger partial charge < -0.3 is 5.11 Å². The summed E-state index contributed by atoms with van der Waals surface area (Å²) in [5, 5.41) is 8.80. The molecule has 17 heavy (non-hydrogen) atoms. The number of hydrogen-bond donors (Lipinski definition) is 2. The number of halogens is 1. The summed E-state index contributed by atoms with van der Waals surface area (Å²) in [6.07, 6.45) is 0.193. The minimum atomic E-state index is -3.77. The monoisotopic (exact) mass is 369 g/mol. The average Bonchev–Trinajstić information content (AvgIpc) is 2.26. The van der Waals surface area contributed by atoms with Gasteiger partial charge in [-0.05, 0) is 53.3 Å². The molecule has 0 amide bonds. The van der Waals surface area contributed by atoms with Gasteiger partial charge in [-0.1, -0.05) is 6.92 Å². The van der Waals surface area contributed by atoms with Gasteiger partial charge in [-0.25, -0.2) is 8.42 Å². The topological polar surface area (TPSA) is 83.5 Å². The summed E-state index contributed by atoms with van der Waals surface area (Å²) >= 11 is 2.06. The van der Waals surface area contributed by atoms with Crippen molar-refractivity contribution in [3.63, 3.8) is 0 Å². The van der Waals surface area contributed by atoms with E-state index in [-0.39, 0.29) is 11.3 Å². The van der Waals surface area contributed by atoms with Crippen molar-refractivity contribution >= 4 is 38.6 Å². The quantitative estimate of drug-likeness (QED) is 0.770. The maximum absolute atomic E-state index is 11.8. The molecule has 0 heterocycles. The SMILES string of the molecule is CCC(NS(=O)(=O)c1ccc(I)cc1)C(=O)O. The van der Waals surface area contributed by atoms with E-state index in [1.165, 1.54) is 12.1 Å². The van der Waals surface area contributed by atoms with Gasteiger partial charge in [-0.2, -0.15) is 4.72 Å². The Balaban J connectivity index is 2.96. The molecule has 1 atom stereocenters. The first-order chi connectivity index (χ1) is 7.86. The largest absolute Gasteiger partial charge is 0.480 e. The van der Waals surface area contributed by atoms with E-state index in [0.29, 0.717) is 0 Å². The van der Waals surface area contributed by atoms with Crippen molar-refractivity contribution in [2.45, 2.75) is 24.3 Å². The van der Waals surface area contributed by atoms with Crippen molar-refractivity contribution in [1.82, 2.24) is 4.72 Å². The van der Waals surface area contributed by atoms with Gasteiger partial charge in [-0.3, -0.25) is 4.79 Å². The zero-order valence-corrected chi connectivity index (χ0v) is 12.0. The highest BCUT2D eigenvalue weighted by Gasteiger charge is 2.23. The maximum Gasteiger partial charge on any atom is 0.321 e. The molecule has 7 heteroatoms. The first-order valence-electron chi connectivity index (χ1n) is 4.87. The first-order valence-corrected chi connectivity index (χ1v) is 7.43. The molecule has 1 aromatic rings. The lowest BCUT2D eigenvalue weighted by Gasteiger charge is -2.12. The van der Waals surface area contributed by atoms with Crippen molar-refractivity contribution in [1.29, 1.82) is 0 Å². The fraction of sp³-hybridized carbons (Fsp3) is 0.300. The fourth-order valence-corrected chi connectivity index (χ4v) is 2.81. The van der Waals surface area contributed by atoms with Gasteiger partial charge in [0, 0.05) is 3.57 Å². The number of hydrogen-bond acceptors (Lipinski definition) is 3. The molecule has 0 saturated carbocycles. The Morgan fingerprint density at radius 2 is 1.94 bits per heavy atom. The molecule has 0 aliphatic heterocycles. The van der Waals surface area contributed by atoms with Crippen LogP contribution in [0.4, 0.5) is 0 Å². The smallest absolute Gasteiger partial charge is 0.321 e. The normalized spacial score (nSPS) is 13.3. The number of carboxylic acid groups (broad SMARTS) is 1. The number of rotatable bonds is 5. The van der Waals surface area contributed by atoms with E-state index in [4.69, 9.17) is 5.11 Å². The summed E-state index contributed by atoms with van der Waals surface area (Å²) in [6.45, 7) is 1.61. The van der Waals surface area contributed by atoms with Crippen LogP contribution in [0.1, 0.15) is 13.3 Å². The number of aliphatic carboxylic acids is 1. The van der Waals surface area contributed by atoms with Crippen LogP contribution in [-0.2, 0) is 14.8 Å². The Morgan fingerprint density at radius 1 is 1.41 bits per heavy atom. The number of nitrogens with one attached hydrogen (secondary N) is 1. The summed E-state index contributed by atoms with van der Waals surface area (Å²) in [6, 6.07) is 5.09. The number of carbonyl (C=O) groups is 1. The molecule has 1 aromatic carbocycles. The van der Waals surface area contributed by atoms with Gasteiger partial charge in [0.15, 0.2) is 0 Å². The molecule has 0 bridgehead atoms. The molecule has 0 fully saturated rings. The molecule has 0 aromatic heterocycles. The second kappa shape index (κ2) is 5.78. The molecular formula is C10H12INO4S. The van der Waals surface area contributed by atoms with E-state index in [1.807, 2.05) is 0 Å². The Bertz CT molecular complexity index is 498. The zero-order valence-electron chi connectivity index (χ0n) is 9.05. The number of benzene rings is 1. The van der Waals surface area contributed by atoms with Crippen molar-refractivity contribution in [2.24, 2.45) is 0 Å². The summed E-state index contributed by atoms with van der Waals surface area (Å²) in [4.78, 5) is 10.8. The van der Waals surface area contributed by atoms with Gasteiger partial charge in [0.1, 0.15) is 6.04 Å². The Hall–Kier alpha value is -0.670. The lowest BCUT2D eigenvalue weighted by Crippen LogP contribution is -2.40. The molecule has 94 valence electrons. The zero-order chi connectivity index (χ0) is 13.1. The minimum Gasteiger partial charge on any atom is -0.480 e. The predicted octanol–water partition coefficient (Wildman–Crippen LogP) is 1.43. The number of carboxylic acids is 1. The van der Waals surface area contributed by atoms with Gasteiger partial charge >= 0.3 is 5.97 Å². The Kier molecular flexibility index (Phi) is 4.90. The Labute approximate surface area is 113 Å². The van der Waals surface area contributed by atoms with Crippen LogP contribution in [0.15, 0.2) is 29.2 Å². The van der Waals surface area contributed by atoms with Crippen LogP contribution in [0, 0.1) is 3.57 Å². The summed E-state index contributed by atoms with van der Waals surface area (Å²) in [7, 11) is -3.77. The lowest BCUT2D eigenvalue weighted by atomic mass is 10.2. The fourth-order valence-electron chi connectivity index (χ4n) is 1.18. The highest BCUT2D eigenvalue weighted by Crippen LogP contribution is 2.12. The lowest BCUT2D eigenvalue weighted by molar-refractivity contribution is -0.139. The molecule has 1 rings (SSSR count). The van der Waals surface area contributed by atoms with E-state index in [0.717, 1.165) is 3.57 Å². The van der Waals surface area contributed by atoms with Crippen LogP contribution < -0.4 is 4.72 Å². The molecule has 0 saturated heterocycles. The highest BCUT2D eigenvalue weighted by atomic mass is 127. The number of sulfonamides is 1. The highest BCUT2D eigenvalue weighted by molar-refractivity contribution is 14.1. The van der Waals surface area contributed by atoms with Gasteiger partial charge in [0.25, 0.3) is 0 Å². The van der Waals surface area contributed by atoms with Crippen LogP contribution in [-0.4, -0.2) is 25.5 Å². The van der Waals surface area contributed by atoms with E-state index in [2.05, 4.69) is 27.3 Å².